The fourth-order valence-corrected chi connectivity index (χ4v) is 2.03. The third-order valence-electron chi connectivity index (χ3n) is 2.85. The topological polar surface area (TPSA) is 17.1 Å². The van der Waals surface area contributed by atoms with Crippen LogP contribution in [0.1, 0.15) is 52.9 Å². The van der Waals surface area contributed by atoms with Gasteiger partial charge in [-0.2, -0.15) is 0 Å². The molecule has 84 valence electrons. The van der Waals surface area contributed by atoms with Gasteiger partial charge >= 0.3 is 0 Å². The average molecular weight is 206 g/mol. The zero-order chi connectivity index (χ0) is 11.3. The summed E-state index contributed by atoms with van der Waals surface area (Å²) in [4.78, 5) is 12.1. The first kappa shape index (κ1) is 12.2. The number of rotatable bonds is 4. The van der Waals surface area contributed by atoms with Gasteiger partial charge in [0.2, 0.25) is 0 Å². The van der Waals surface area contributed by atoms with Crippen LogP contribution in [-0.2, 0) is 4.79 Å². The Morgan fingerprint density at radius 2 is 2.20 bits per heavy atom. The van der Waals surface area contributed by atoms with Crippen molar-refractivity contribution < 1.29 is 4.79 Å². The van der Waals surface area contributed by atoms with Crippen LogP contribution >= 0.6 is 0 Å². The normalized spacial score (nSPS) is 17.9. The van der Waals surface area contributed by atoms with Crippen LogP contribution in [-0.4, -0.2) is 5.78 Å². The molecule has 0 radical (unpaired) electrons. The van der Waals surface area contributed by atoms with E-state index in [9.17, 15) is 4.79 Å². The van der Waals surface area contributed by atoms with Gasteiger partial charge in [-0.25, -0.2) is 0 Å². The highest BCUT2D eigenvalue weighted by Crippen LogP contribution is 2.23. The molecule has 0 heterocycles. The quantitative estimate of drug-likeness (QED) is 0.634. The maximum Gasteiger partial charge on any atom is 0.184 e. The van der Waals surface area contributed by atoms with Gasteiger partial charge in [-0.05, 0) is 56.1 Å². The summed E-state index contributed by atoms with van der Waals surface area (Å²) in [7, 11) is 0. The van der Waals surface area contributed by atoms with E-state index < -0.39 is 0 Å². The summed E-state index contributed by atoms with van der Waals surface area (Å²) < 4.78 is 0. The number of hydrogen-bond acceptors (Lipinski definition) is 1. The molecule has 1 aliphatic rings. The van der Waals surface area contributed by atoms with Crippen molar-refractivity contribution in [2.24, 2.45) is 5.92 Å². The fraction of sp³-hybridized carbons (Fsp3) is 0.643. The smallest absolute Gasteiger partial charge is 0.184 e. The molecule has 0 unspecified atom stereocenters. The Morgan fingerprint density at radius 1 is 1.47 bits per heavy atom. The Labute approximate surface area is 93.3 Å². The van der Waals surface area contributed by atoms with Crippen LogP contribution < -0.4 is 0 Å². The Balaban J connectivity index is 2.68. The molecule has 0 fully saturated rings. The molecule has 1 rings (SSSR count). The van der Waals surface area contributed by atoms with Crippen molar-refractivity contribution in [3.63, 3.8) is 0 Å². The van der Waals surface area contributed by atoms with E-state index in [4.69, 9.17) is 0 Å². The molecular formula is C14H22O. The van der Waals surface area contributed by atoms with Gasteiger partial charge < -0.3 is 0 Å². The molecule has 0 aliphatic heterocycles. The minimum atomic E-state index is 0.297. The second kappa shape index (κ2) is 5.89. The molecule has 1 nitrogen and oxygen atoms in total. The lowest BCUT2D eigenvalue weighted by molar-refractivity contribution is -0.112. The van der Waals surface area contributed by atoms with E-state index in [1.807, 2.05) is 13.0 Å². The lowest BCUT2D eigenvalue weighted by atomic mass is 9.89. The molecule has 1 aliphatic carbocycles. The van der Waals surface area contributed by atoms with Gasteiger partial charge in [0.15, 0.2) is 5.78 Å². The minimum Gasteiger partial charge on any atom is -0.289 e. The van der Waals surface area contributed by atoms with E-state index in [0.29, 0.717) is 11.7 Å². The third kappa shape index (κ3) is 3.65. The van der Waals surface area contributed by atoms with Gasteiger partial charge in [0, 0.05) is 0 Å². The summed E-state index contributed by atoms with van der Waals surface area (Å²) in [6, 6.07) is 0. The van der Waals surface area contributed by atoms with Gasteiger partial charge in [-0.1, -0.05) is 26.0 Å². The molecule has 0 N–H and O–H groups in total. The number of Topliss-reactive ketones (excluding diaryl/α,β-unsaturated/α-hetero) is 1. The molecule has 0 amide bonds. The Hall–Kier alpha value is -0.850. The first-order chi connectivity index (χ1) is 7.15. The van der Waals surface area contributed by atoms with Crippen LogP contribution in [0.4, 0.5) is 0 Å². The Bertz CT molecular complexity index is 282. The lowest BCUT2D eigenvalue weighted by Crippen LogP contribution is -2.10. The molecule has 0 saturated carbocycles. The van der Waals surface area contributed by atoms with Crippen molar-refractivity contribution in [2.75, 3.05) is 0 Å². The summed E-state index contributed by atoms with van der Waals surface area (Å²) in [6.07, 6.45) is 9.51. The van der Waals surface area contributed by atoms with E-state index in [2.05, 4.69) is 19.9 Å². The molecule has 15 heavy (non-hydrogen) atoms. The number of hydrogen-bond donors (Lipinski definition) is 0. The van der Waals surface area contributed by atoms with Crippen LogP contribution in [0.5, 0.6) is 0 Å². The van der Waals surface area contributed by atoms with Gasteiger partial charge in [-0.15, -0.1) is 0 Å². The lowest BCUT2D eigenvalue weighted by Gasteiger charge is -2.14. The standard InChI is InChI=1S/C14H22O/c1-4-12(10-11(2)3)14(15)13-8-6-5-7-9-13/h4,8,11H,5-7,9-10H2,1-3H3/b12-4+. The van der Waals surface area contributed by atoms with Crippen LogP contribution in [0, 0.1) is 5.92 Å². The van der Waals surface area contributed by atoms with Crippen LogP contribution in [0.15, 0.2) is 23.3 Å². The van der Waals surface area contributed by atoms with Gasteiger partial charge in [0.05, 0.1) is 0 Å². The van der Waals surface area contributed by atoms with E-state index >= 15 is 0 Å². The molecule has 0 bridgehead atoms. The van der Waals surface area contributed by atoms with Crippen LogP contribution in [0.3, 0.4) is 0 Å². The average Bonchev–Trinajstić information content (AvgIpc) is 2.26. The minimum absolute atomic E-state index is 0.297. The van der Waals surface area contributed by atoms with Crippen molar-refractivity contribution in [1.29, 1.82) is 0 Å². The summed E-state index contributed by atoms with van der Waals surface area (Å²) >= 11 is 0. The summed E-state index contributed by atoms with van der Waals surface area (Å²) in [5.74, 6) is 0.857. The Kier molecular flexibility index (Phi) is 4.80. The predicted molar refractivity (Wildman–Crippen MR) is 64.8 cm³/mol. The largest absolute Gasteiger partial charge is 0.289 e. The van der Waals surface area contributed by atoms with Gasteiger partial charge in [-0.3, -0.25) is 4.79 Å². The van der Waals surface area contributed by atoms with Crippen molar-refractivity contribution in [1.82, 2.24) is 0 Å². The van der Waals surface area contributed by atoms with Gasteiger partial charge in [0.1, 0.15) is 0 Å². The highest BCUT2D eigenvalue weighted by Gasteiger charge is 2.16. The molecular weight excluding hydrogens is 184 g/mol. The number of carbonyl (C=O) groups is 1. The van der Waals surface area contributed by atoms with E-state index in [1.54, 1.807) is 0 Å². The number of ketones is 1. The summed E-state index contributed by atoms with van der Waals surface area (Å²) in [5, 5.41) is 0. The molecule has 0 saturated heterocycles. The molecule has 0 atom stereocenters. The van der Waals surface area contributed by atoms with Crippen molar-refractivity contribution in [3.05, 3.63) is 23.3 Å². The maximum atomic E-state index is 12.1. The van der Waals surface area contributed by atoms with E-state index in [0.717, 1.165) is 30.4 Å². The maximum absolute atomic E-state index is 12.1. The molecule has 1 heteroatoms. The van der Waals surface area contributed by atoms with Crippen molar-refractivity contribution in [2.45, 2.75) is 52.9 Å². The number of allylic oxidation sites excluding steroid dienone is 4. The van der Waals surface area contributed by atoms with Gasteiger partial charge in [0.25, 0.3) is 0 Å². The predicted octanol–water partition coefficient (Wildman–Crippen LogP) is 4.05. The zero-order valence-electron chi connectivity index (χ0n) is 10.2. The van der Waals surface area contributed by atoms with Crippen LogP contribution in [0.2, 0.25) is 0 Å². The fourth-order valence-electron chi connectivity index (χ4n) is 2.03. The van der Waals surface area contributed by atoms with Crippen LogP contribution in [0.25, 0.3) is 0 Å². The molecule has 0 spiro atoms. The third-order valence-corrected chi connectivity index (χ3v) is 2.85. The second-order valence-corrected chi connectivity index (χ2v) is 4.72. The second-order valence-electron chi connectivity index (χ2n) is 4.72. The molecule has 0 aromatic heterocycles. The first-order valence-electron chi connectivity index (χ1n) is 6.04. The molecule has 0 aromatic rings. The zero-order valence-corrected chi connectivity index (χ0v) is 10.2. The van der Waals surface area contributed by atoms with E-state index in [-0.39, 0.29) is 0 Å². The highest BCUT2D eigenvalue weighted by molar-refractivity contribution is 6.08. The van der Waals surface area contributed by atoms with Crippen molar-refractivity contribution in [3.8, 4) is 0 Å². The van der Waals surface area contributed by atoms with Crippen molar-refractivity contribution >= 4 is 5.78 Å². The Morgan fingerprint density at radius 3 is 2.67 bits per heavy atom. The first-order valence-corrected chi connectivity index (χ1v) is 6.04. The SMILES string of the molecule is C/C=C(\CC(C)C)C(=O)C1=CCCCC1. The number of carbonyl (C=O) groups excluding carboxylic acids is 1. The summed E-state index contributed by atoms with van der Waals surface area (Å²) in [5.41, 5.74) is 2.05. The van der Waals surface area contributed by atoms with E-state index in [1.165, 1.54) is 12.8 Å². The molecule has 0 aromatic carbocycles. The monoisotopic (exact) mass is 206 g/mol. The highest BCUT2D eigenvalue weighted by atomic mass is 16.1. The summed E-state index contributed by atoms with van der Waals surface area (Å²) in [6.45, 7) is 6.29.